The van der Waals surface area contributed by atoms with Crippen LogP contribution < -0.4 is 19.7 Å². The fourth-order valence-corrected chi connectivity index (χ4v) is 8.12. The molecule has 0 aromatic heterocycles. The predicted octanol–water partition coefficient (Wildman–Crippen LogP) is 6.41. The lowest BCUT2D eigenvalue weighted by Gasteiger charge is -2.57. The minimum absolute atomic E-state index is 0.125. The molecular formula is C35H34N2O5. The minimum atomic E-state index is -0.744. The van der Waals surface area contributed by atoms with Crippen molar-refractivity contribution >= 4 is 29.6 Å². The van der Waals surface area contributed by atoms with Crippen LogP contribution in [0.3, 0.4) is 0 Å². The first-order valence-corrected chi connectivity index (χ1v) is 14.8. The van der Waals surface area contributed by atoms with E-state index in [0.29, 0.717) is 29.4 Å². The molecule has 4 bridgehead atoms. The normalized spacial score (nSPS) is 27.4. The fourth-order valence-electron chi connectivity index (χ4n) is 8.12. The molecule has 0 spiro atoms. The number of ether oxygens (including phenoxy) is 2. The molecule has 5 aliphatic rings. The van der Waals surface area contributed by atoms with Crippen LogP contribution in [0.2, 0.25) is 0 Å². The number of hydrogen-bond acceptors (Lipinski definition) is 5. The van der Waals surface area contributed by atoms with Gasteiger partial charge in [-0.3, -0.25) is 14.9 Å². The molecule has 214 valence electrons. The quantitative estimate of drug-likeness (QED) is 0.266. The summed E-state index contributed by atoms with van der Waals surface area (Å²) >= 11 is 0. The summed E-state index contributed by atoms with van der Waals surface area (Å²) in [6.07, 6.45) is 9.31. The first-order valence-electron chi connectivity index (χ1n) is 14.8. The van der Waals surface area contributed by atoms with Crippen molar-refractivity contribution in [1.29, 1.82) is 0 Å². The number of benzene rings is 3. The second-order valence-corrected chi connectivity index (χ2v) is 12.4. The molecule has 7 nitrogen and oxygen atoms in total. The van der Waals surface area contributed by atoms with Gasteiger partial charge >= 0.3 is 6.03 Å². The highest BCUT2D eigenvalue weighted by Gasteiger charge is 2.51. The maximum atomic E-state index is 13.6. The highest BCUT2D eigenvalue weighted by molar-refractivity contribution is 6.39. The van der Waals surface area contributed by atoms with Gasteiger partial charge < -0.3 is 9.47 Å². The van der Waals surface area contributed by atoms with Crippen LogP contribution in [0.1, 0.15) is 55.2 Å². The van der Waals surface area contributed by atoms with Crippen molar-refractivity contribution < 1.29 is 23.9 Å². The third kappa shape index (κ3) is 4.77. The predicted molar refractivity (Wildman–Crippen MR) is 159 cm³/mol. The van der Waals surface area contributed by atoms with Crippen LogP contribution in [0.25, 0.3) is 6.08 Å². The Bertz CT molecular complexity index is 1540. The number of imide groups is 2. The molecule has 1 heterocycles. The maximum Gasteiger partial charge on any atom is 0.335 e. The number of amides is 4. The van der Waals surface area contributed by atoms with Gasteiger partial charge in [-0.25, -0.2) is 9.69 Å². The Labute approximate surface area is 245 Å². The number of methoxy groups -OCH3 is 1. The van der Waals surface area contributed by atoms with Gasteiger partial charge in [-0.2, -0.15) is 0 Å². The Hall–Kier alpha value is -4.39. The second-order valence-electron chi connectivity index (χ2n) is 12.4. The molecule has 1 aliphatic heterocycles. The van der Waals surface area contributed by atoms with E-state index in [-0.39, 0.29) is 11.0 Å². The second kappa shape index (κ2) is 10.5. The molecule has 8 rings (SSSR count). The lowest BCUT2D eigenvalue weighted by atomic mass is 9.48. The topological polar surface area (TPSA) is 84.9 Å². The van der Waals surface area contributed by atoms with Crippen molar-refractivity contribution in [2.45, 2.75) is 50.5 Å². The molecule has 5 fully saturated rings. The molecule has 4 saturated carbocycles. The van der Waals surface area contributed by atoms with Crippen LogP contribution in [0.4, 0.5) is 10.5 Å². The standard InChI is InChI=1S/C35H34N2O5/c1-41-31-17-23(7-12-30(31)42-21-22-5-3-2-4-6-22)16-29-32(38)36-34(40)37(33(29)39)28-10-8-27(9-11-28)35-18-24-13-25(19-35)15-26(14-24)20-35/h2-12,16-17,24-26H,13-15,18-21H2,1H3,(H,36,38,40)/b29-16+. The maximum absolute atomic E-state index is 13.6. The van der Waals surface area contributed by atoms with Crippen molar-refractivity contribution in [3.05, 3.63) is 95.1 Å². The number of barbiturate groups is 1. The number of hydrogen-bond donors (Lipinski definition) is 1. The molecule has 1 saturated heterocycles. The van der Waals surface area contributed by atoms with Gasteiger partial charge in [0.25, 0.3) is 11.8 Å². The highest BCUT2D eigenvalue weighted by Crippen LogP contribution is 2.60. The summed E-state index contributed by atoms with van der Waals surface area (Å²) < 4.78 is 11.5. The van der Waals surface area contributed by atoms with E-state index in [1.54, 1.807) is 18.2 Å². The van der Waals surface area contributed by atoms with Gasteiger partial charge in [0.15, 0.2) is 11.5 Å². The zero-order valence-corrected chi connectivity index (χ0v) is 23.7. The van der Waals surface area contributed by atoms with E-state index in [9.17, 15) is 14.4 Å². The zero-order chi connectivity index (χ0) is 28.8. The monoisotopic (exact) mass is 562 g/mol. The summed E-state index contributed by atoms with van der Waals surface area (Å²) in [5.41, 5.74) is 3.45. The first-order chi connectivity index (χ1) is 20.4. The summed E-state index contributed by atoms with van der Waals surface area (Å²) in [5, 5.41) is 2.33. The third-order valence-corrected chi connectivity index (χ3v) is 9.61. The molecule has 42 heavy (non-hydrogen) atoms. The largest absolute Gasteiger partial charge is 0.493 e. The van der Waals surface area contributed by atoms with Gasteiger partial charge in [0.05, 0.1) is 12.8 Å². The Balaban J connectivity index is 1.11. The Morgan fingerprint density at radius 3 is 2.17 bits per heavy atom. The Kier molecular flexibility index (Phi) is 6.60. The van der Waals surface area contributed by atoms with Crippen molar-refractivity contribution in [1.82, 2.24) is 5.32 Å². The number of nitrogens with zero attached hydrogens (tertiary/aromatic N) is 1. The molecule has 0 unspecified atom stereocenters. The van der Waals surface area contributed by atoms with E-state index in [4.69, 9.17) is 9.47 Å². The van der Waals surface area contributed by atoms with Gasteiger partial charge in [0.1, 0.15) is 12.2 Å². The average Bonchev–Trinajstić information content (AvgIpc) is 2.98. The van der Waals surface area contributed by atoms with E-state index in [1.807, 2.05) is 42.5 Å². The number of nitrogens with one attached hydrogen (secondary N) is 1. The molecule has 7 heteroatoms. The van der Waals surface area contributed by atoms with Crippen molar-refractivity contribution in [2.75, 3.05) is 12.0 Å². The number of rotatable bonds is 7. The summed E-state index contributed by atoms with van der Waals surface area (Å²) in [5.74, 6) is 2.10. The lowest BCUT2D eigenvalue weighted by Crippen LogP contribution is -2.54. The van der Waals surface area contributed by atoms with Crippen LogP contribution in [-0.4, -0.2) is 25.0 Å². The van der Waals surface area contributed by atoms with E-state index < -0.39 is 17.8 Å². The van der Waals surface area contributed by atoms with Gasteiger partial charge in [0.2, 0.25) is 0 Å². The Morgan fingerprint density at radius 1 is 0.857 bits per heavy atom. The summed E-state index contributed by atoms with van der Waals surface area (Å²) in [4.78, 5) is 40.3. The molecule has 4 amide bonds. The summed E-state index contributed by atoms with van der Waals surface area (Å²) in [6.45, 7) is 0.372. The summed E-state index contributed by atoms with van der Waals surface area (Å²) in [6, 6.07) is 22.1. The van der Waals surface area contributed by atoms with Gasteiger partial charge in [-0.15, -0.1) is 0 Å². The molecule has 0 radical (unpaired) electrons. The molecule has 4 aliphatic carbocycles. The van der Waals surface area contributed by atoms with Crippen LogP contribution in [-0.2, 0) is 21.6 Å². The van der Waals surface area contributed by atoms with Crippen LogP contribution in [0.5, 0.6) is 11.5 Å². The lowest BCUT2D eigenvalue weighted by molar-refractivity contribution is -0.122. The van der Waals surface area contributed by atoms with Gasteiger partial charge in [0, 0.05) is 0 Å². The number of anilines is 1. The van der Waals surface area contributed by atoms with Crippen molar-refractivity contribution in [3.8, 4) is 11.5 Å². The van der Waals surface area contributed by atoms with Crippen molar-refractivity contribution in [2.24, 2.45) is 17.8 Å². The van der Waals surface area contributed by atoms with E-state index in [2.05, 4.69) is 17.4 Å². The third-order valence-electron chi connectivity index (χ3n) is 9.61. The zero-order valence-electron chi connectivity index (χ0n) is 23.7. The molecule has 1 N–H and O–H groups in total. The van der Waals surface area contributed by atoms with E-state index in [1.165, 1.54) is 57.3 Å². The molecule has 3 aromatic rings. The van der Waals surface area contributed by atoms with Crippen molar-refractivity contribution in [3.63, 3.8) is 0 Å². The molecule has 3 aromatic carbocycles. The van der Waals surface area contributed by atoms with Gasteiger partial charge in [-0.1, -0.05) is 48.5 Å². The number of carbonyl (C=O) groups excluding carboxylic acids is 3. The number of urea groups is 1. The Morgan fingerprint density at radius 2 is 1.52 bits per heavy atom. The molecular weight excluding hydrogens is 528 g/mol. The molecule has 0 atom stereocenters. The van der Waals surface area contributed by atoms with Crippen LogP contribution >= 0.6 is 0 Å². The smallest absolute Gasteiger partial charge is 0.335 e. The first kappa shape index (κ1) is 26.5. The van der Waals surface area contributed by atoms with Crippen LogP contribution in [0, 0.1) is 17.8 Å². The van der Waals surface area contributed by atoms with E-state index in [0.717, 1.165) is 28.2 Å². The van der Waals surface area contributed by atoms with Crippen LogP contribution in [0.15, 0.2) is 78.4 Å². The summed E-state index contributed by atoms with van der Waals surface area (Å²) in [7, 11) is 1.54. The highest BCUT2D eigenvalue weighted by atomic mass is 16.5. The van der Waals surface area contributed by atoms with E-state index >= 15 is 0 Å². The minimum Gasteiger partial charge on any atom is -0.493 e. The number of carbonyl (C=O) groups is 3. The van der Waals surface area contributed by atoms with Gasteiger partial charge in [-0.05, 0) is 109 Å². The average molecular weight is 563 g/mol. The fraction of sp³-hybridized carbons (Fsp3) is 0.343. The SMILES string of the molecule is COc1cc(/C=C2\C(=O)NC(=O)N(c3ccc(C45CC6CC(CC(C6)C4)C5)cc3)C2=O)ccc1OCc1ccccc1.